The smallest absolute Gasteiger partial charge is 0.162 e. The molecule has 5 rings (SSSR count). The van der Waals surface area contributed by atoms with Crippen LogP contribution in [0.5, 0.6) is 5.75 Å². The first kappa shape index (κ1) is 27.3. The number of ether oxygens (including phenoxy) is 1. The third kappa shape index (κ3) is 5.03. The SMILES string of the molecule is CN1C2=C(C(=O)CC(C)(C)C2)C(c2cc(Cl)cc(Cl)c2OCc2cccc(Cl)c2)C2=C1CC(C)(C)CC2=O. The lowest BCUT2D eigenvalue weighted by Gasteiger charge is -2.48. The summed E-state index contributed by atoms with van der Waals surface area (Å²) in [7, 11) is 1.99. The van der Waals surface area contributed by atoms with E-state index in [1.54, 1.807) is 18.2 Å². The van der Waals surface area contributed by atoms with Crippen LogP contribution in [0, 0.1) is 10.8 Å². The molecule has 0 spiro atoms. The van der Waals surface area contributed by atoms with Crippen LogP contribution < -0.4 is 4.74 Å². The van der Waals surface area contributed by atoms with Gasteiger partial charge in [0.1, 0.15) is 12.4 Å². The number of carbonyl (C=O) groups excluding carboxylic acids is 2. The second-order valence-electron chi connectivity index (χ2n) is 12.3. The van der Waals surface area contributed by atoms with Crippen molar-refractivity contribution in [1.82, 2.24) is 4.90 Å². The van der Waals surface area contributed by atoms with Gasteiger partial charge < -0.3 is 9.64 Å². The first-order chi connectivity index (χ1) is 17.8. The van der Waals surface area contributed by atoms with Crippen molar-refractivity contribution < 1.29 is 14.3 Å². The van der Waals surface area contributed by atoms with Crippen molar-refractivity contribution in [2.45, 2.75) is 65.9 Å². The molecule has 0 radical (unpaired) electrons. The number of rotatable bonds is 4. The number of halogens is 3. The Bertz CT molecular complexity index is 1370. The van der Waals surface area contributed by atoms with Gasteiger partial charge in [-0.15, -0.1) is 0 Å². The zero-order chi connectivity index (χ0) is 27.6. The van der Waals surface area contributed by atoms with Crippen molar-refractivity contribution in [1.29, 1.82) is 0 Å². The van der Waals surface area contributed by atoms with E-state index < -0.39 is 5.92 Å². The quantitative estimate of drug-likeness (QED) is 0.368. The van der Waals surface area contributed by atoms with E-state index in [0.29, 0.717) is 50.4 Å². The summed E-state index contributed by atoms with van der Waals surface area (Å²) in [6.45, 7) is 8.70. The van der Waals surface area contributed by atoms with E-state index >= 15 is 0 Å². The molecule has 0 saturated carbocycles. The molecule has 1 heterocycles. The number of benzene rings is 2. The lowest BCUT2D eigenvalue weighted by atomic mass is 9.63. The topological polar surface area (TPSA) is 46.6 Å². The minimum atomic E-state index is -0.589. The normalized spacial score (nSPS) is 21.0. The lowest BCUT2D eigenvalue weighted by molar-refractivity contribution is -0.119. The van der Waals surface area contributed by atoms with E-state index in [1.807, 2.05) is 25.2 Å². The monoisotopic (exact) mass is 571 g/mol. The highest BCUT2D eigenvalue weighted by molar-refractivity contribution is 6.35. The molecule has 2 aliphatic carbocycles. The average molecular weight is 573 g/mol. The van der Waals surface area contributed by atoms with Crippen molar-refractivity contribution in [3.05, 3.63) is 85.1 Å². The van der Waals surface area contributed by atoms with Gasteiger partial charge in [-0.3, -0.25) is 9.59 Å². The zero-order valence-electron chi connectivity index (χ0n) is 22.4. The summed E-state index contributed by atoms with van der Waals surface area (Å²) >= 11 is 19.5. The molecule has 7 heteroatoms. The van der Waals surface area contributed by atoms with Crippen LogP contribution in [0.15, 0.2) is 58.9 Å². The van der Waals surface area contributed by atoms with Crippen molar-refractivity contribution in [2.24, 2.45) is 10.8 Å². The summed E-state index contributed by atoms with van der Waals surface area (Å²) in [6.07, 6.45) is 2.29. The van der Waals surface area contributed by atoms with Crippen molar-refractivity contribution in [2.75, 3.05) is 7.05 Å². The highest BCUT2D eigenvalue weighted by Crippen LogP contribution is 2.56. The van der Waals surface area contributed by atoms with E-state index in [9.17, 15) is 9.59 Å². The number of nitrogens with zero attached hydrogens (tertiary/aromatic N) is 1. The highest BCUT2D eigenvalue weighted by atomic mass is 35.5. The molecule has 0 atom stereocenters. The molecular weight excluding hydrogens is 541 g/mol. The molecule has 200 valence electrons. The van der Waals surface area contributed by atoms with Gasteiger partial charge in [-0.2, -0.15) is 0 Å². The molecule has 1 aliphatic heterocycles. The molecule has 0 fully saturated rings. The molecule has 0 aromatic heterocycles. The predicted molar refractivity (Wildman–Crippen MR) is 153 cm³/mol. The molecule has 0 saturated heterocycles. The highest BCUT2D eigenvalue weighted by Gasteiger charge is 2.49. The Morgan fingerprint density at radius 2 is 1.42 bits per heavy atom. The Labute approximate surface area is 239 Å². The Morgan fingerprint density at radius 1 is 0.842 bits per heavy atom. The summed E-state index contributed by atoms with van der Waals surface area (Å²) in [5.74, 6) is -0.0585. The molecule has 0 bridgehead atoms. The Balaban J connectivity index is 1.71. The van der Waals surface area contributed by atoms with Gasteiger partial charge in [0.05, 0.1) is 5.02 Å². The summed E-state index contributed by atoms with van der Waals surface area (Å²) in [5, 5.41) is 1.37. The molecule has 0 N–H and O–H groups in total. The Kier molecular flexibility index (Phi) is 6.99. The summed E-state index contributed by atoms with van der Waals surface area (Å²) in [5.41, 5.74) is 4.42. The van der Waals surface area contributed by atoms with Crippen molar-refractivity contribution in [3.63, 3.8) is 0 Å². The van der Waals surface area contributed by atoms with Crippen LogP contribution in [-0.4, -0.2) is 23.5 Å². The van der Waals surface area contributed by atoms with Gasteiger partial charge >= 0.3 is 0 Å². The van der Waals surface area contributed by atoms with Crippen molar-refractivity contribution >= 4 is 46.4 Å². The van der Waals surface area contributed by atoms with Gasteiger partial charge in [-0.1, -0.05) is 74.6 Å². The fourth-order valence-corrected chi connectivity index (χ4v) is 6.98. The molecule has 2 aromatic carbocycles. The number of carbonyl (C=O) groups is 2. The van der Waals surface area contributed by atoms with Crippen LogP contribution in [0.1, 0.15) is 70.4 Å². The summed E-state index contributed by atoms with van der Waals surface area (Å²) in [4.78, 5) is 29.8. The van der Waals surface area contributed by atoms with Crippen LogP contribution in [-0.2, 0) is 16.2 Å². The number of allylic oxidation sites excluding steroid dienone is 4. The van der Waals surface area contributed by atoms with E-state index in [-0.39, 0.29) is 29.0 Å². The van der Waals surface area contributed by atoms with Crippen LogP contribution in [0.3, 0.4) is 0 Å². The van der Waals surface area contributed by atoms with Crippen molar-refractivity contribution in [3.8, 4) is 5.75 Å². The summed E-state index contributed by atoms with van der Waals surface area (Å²) < 4.78 is 6.33. The van der Waals surface area contributed by atoms with Crippen LogP contribution in [0.2, 0.25) is 15.1 Å². The molecule has 2 aromatic rings. The average Bonchev–Trinajstić information content (AvgIpc) is 2.78. The van der Waals surface area contributed by atoms with Gasteiger partial charge in [-0.25, -0.2) is 0 Å². The molecule has 0 amide bonds. The first-order valence-corrected chi connectivity index (χ1v) is 14.0. The second-order valence-corrected chi connectivity index (χ2v) is 13.6. The number of hydrogen-bond donors (Lipinski definition) is 0. The number of hydrogen-bond acceptors (Lipinski definition) is 4. The van der Waals surface area contributed by atoms with Gasteiger partial charge in [-0.05, 0) is 53.5 Å². The number of Topliss-reactive ketones (excluding diaryl/α,β-unsaturated/α-hetero) is 2. The molecule has 38 heavy (non-hydrogen) atoms. The maximum atomic E-state index is 13.8. The molecular formula is C31H32Cl3NO3. The minimum Gasteiger partial charge on any atom is -0.487 e. The maximum absolute atomic E-state index is 13.8. The standard InChI is InChI=1S/C31H32Cl3NO3/c1-30(2)12-22-27(24(36)14-30)26(28-23(35(22)5)13-31(3,4)15-25(28)37)20-10-19(33)11-21(34)29(20)38-16-17-7-6-8-18(32)9-17/h6-11,26H,12-16H2,1-5H3. The minimum absolute atomic E-state index is 0.0502. The van der Waals surface area contributed by atoms with Gasteiger partial charge in [0, 0.05) is 64.0 Å². The second kappa shape index (κ2) is 9.73. The van der Waals surface area contributed by atoms with E-state index in [4.69, 9.17) is 39.5 Å². The van der Waals surface area contributed by atoms with Gasteiger partial charge in [0.2, 0.25) is 0 Å². The van der Waals surface area contributed by atoms with Crippen LogP contribution in [0.25, 0.3) is 0 Å². The third-order valence-electron chi connectivity index (χ3n) is 7.80. The predicted octanol–water partition coefficient (Wildman–Crippen LogP) is 8.54. The van der Waals surface area contributed by atoms with Crippen LogP contribution in [0.4, 0.5) is 0 Å². The maximum Gasteiger partial charge on any atom is 0.162 e. The van der Waals surface area contributed by atoms with Gasteiger partial charge in [0.15, 0.2) is 11.6 Å². The van der Waals surface area contributed by atoms with E-state index in [0.717, 1.165) is 29.8 Å². The Hall–Kier alpha value is -2.27. The Morgan fingerprint density at radius 3 is 1.97 bits per heavy atom. The van der Waals surface area contributed by atoms with Crippen LogP contribution >= 0.6 is 34.8 Å². The molecule has 4 nitrogen and oxygen atoms in total. The third-order valence-corrected chi connectivity index (χ3v) is 8.53. The van der Waals surface area contributed by atoms with E-state index in [1.165, 1.54) is 0 Å². The molecule has 0 unspecified atom stereocenters. The van der Waals surface area contributed by atoms with Gasteiger partial charge in [0.25, 0.3) is 0 Å². The lowest BCUT2D eigenvalue weighted by Crippen LogP contribution is -2.43. The first-order valence-electron chi connectivity index (χ1n) is 12.9. The fraction of sp³-hybridized carbons (Fsp3) is 0.419. The fourth-order valence-electron chi connectivity index (χ4n) is 6.20. The summed E-state index contributed by atoms with van der Waals surface area (Å²) in [6, 6.07) is 10.9. The number of ketones is 2. The van der Waals surface area contributed by atoms with E-state index in [2.05, 4.69) is 32.6 Å². The largest absolute Gasteiger partial charge is 0.487 e. The molecule has 3 aliphatic rings. The zero-order valence-corrected chi connectivity index (χ0v) is 24.7.